The number of carbonyl (C=O) groups is 2. The van der Waals surface area contributed by atoms with Crippen LogP contribution in [0.4, 0.5) is 0 Å². The Kier molecular flexibility index (Phi) is 5.97. The number of ether oxygens (including phenoxy) is 1. The molecule has 3 fully saturated rings. The van der Waals surface area contributed by atoms with E-state index in [0.717, 1.165) is 69.7 Å². The molecule has 4 rings (SSSR count). The summed E-state index contributed by atoms with van der Waals surface area (Å²) in [5.74, 6) is 0.388. The van der Waals surface area contributed by atoms with E-state index >= 15 is 0 Å². The van der Waals surface area contributed by atoms with Gasteiger partial charge in [-0.1, -0.05) is 17.7 Å². The normalized spacial score (nSPS) is 25.2. The quantitative estimate of drug-likeness (QED) is 0.798. The minimum Gasteiger partial charge on any atom is -0.381 e. The summed E-state index contributed by atoms with van der Waals surface area (Å²) < 4.78 is 5.46. The summed E-state index contributed by atoms with van der Waals surface area (Å²) in [5, 5.41) is 0. The number of rotatable bonds is 3. The predicted molar refractivity (Wildman–Crippen MR) is 107 cm³/mol. The maximum Gasteiger partial charge on any atom is 0.253 e. The molecule has 2 amide bonds. The molecule has 1 aromatic rings. The number of carbonyl (C=O) groups excluding carboxylic acids is 2. The SMILES string of the molecule is Cc1cccc(C(=O)N2CCN([C@H]3CCCN(C4CCOCC4)C3=O)CC2)c1. The number of amides is 2. The molecular weight excluding hydrogens is 354 g/mol. The van der Waals surface area contributed by atoms with Crippen molar-refractivity contribution in [3.63, 3.8) is 0 Å². The molecule has 0 bridgehead atoms. The van der Waals surface area contributed by atoms with Gasteiger partial charge in [0.15, 0.2) is 0 Å². The molecule has 6 nitrogen and oxygen atoms in total. The van der Waals surface area contributed by atoms with Crippen LogP contribution in [0.5, 0.6) is 0 Å². The molecule has 1 atom stereocenters. The topological polar surface area (TPSA) is 53.1 Å². The van der Waals surface area contributed by atoms with E-state index in [1.54, 1.807) is 0 Å². The van der Waals surface area contributed by atoms with Crippen molar-refractivity contribution in [2.45, 2.75) is 44.7 Å². The zero-order valence-electron chi connectivity index (χ0n) is 16.8. The first-order chi connectivity index (χ1) is 13.6. The van der Waals surface area contributed by atoms with E-state index in [0.29, 0.717) is 19.1 Å². The molecule has 0 spiro atoms. The van der Waals surface area contributed by atoms with Crippen molar-refractivity contribution in [3.05, 3.63) is 35.4 Å². The van der Waals surface area contributed by atoms with Gasteiger partial charge in [-0.25, -0.2) is 0 Å². The number of likely N-dealkylation sites (tertiary alicyclic amines) is 1. The van der Waals surface area contributed by atoms with Crippen LogP contribution in [0.2, 0.25) is 0 Å². The lowest BCUT2D eigenvalue weighted by molar-refractivity contribution is -0.145. The van der Waals surface area contributed by atoms with Gasteiger partial charge >= 0.3 is 0 Å². The highest BCUT2D eigenvalue weighted by molar-refractivity contribution is 5.94. The molecule has 0 N–H and O–H groups in total. The number of hydrogen-bond acceptors (Lipinski definition) is 4. The summed E-state index contributed by atoms with van der Waals surface area (Å²) >= 11 is 0. The summed E-state index contributed by atoms with van der Waals surface area (Å²) in [5.41, 5.74) is 1.86. The Morgan fingerprint density at radius 2 is 1.79 bits per heavy atom. The first-order valence-electron chi connectivity index (χ1n) is 10.6. The van der Waals surface area contributed by atoms with Crippen molar-refractivity contribution in [2.24, 2.45) is 0 Å². The number of piperidine rings is 1. The first-order valence-corrected chi connectivity index (χ1v) is 10.6. The molecule has 0 unspecified atom stereocenters. The van der Waals surface area contributed by atoms with Crippen molar-refractivity contribution in [3.8, 4) is 0 Å². The molecule has 152 valence electrons. The third kappa shape index (κ3) is 4.08. The van der Waals surface area contributed by atoms with Crippen molar-refractivity contribution in [1.29, 1.82) is 0 Å². The molecule has 28 heavy (non-hydrogen) atoms. The van der Waals surface area contributed by atoms with Gasteiger partial charge in [0.1, 0.15) is 0 Å². The molecule has 3 saturated heterocycles. The average Bonchev–Trinajstić information content (AvgIpc) is 2.74. The molecule has 3 aliphatic heterocycles. The van der Waals surface area contributed by atoms with Gasteiger partial charge in [0.05, 0.1) is 6.04 Å². The Bertz CT molecular complexity index is 709. The van der Waals surface area contributed by atoms with E-state index in [1.807, 2.05) is 36.1 Å². The summed E-state index contributed by atoms with van der Waals surface area (Å²) in [4.78, 5) is 32.3. The lowest BCUT2D eigenvalue weighted by Crippen LogP contribution is -2.60. The molecule has 3 aliphatic rings. The second-order valence-electron chi connectivity index (χ2n) is 8.23. The first kappa shape index (κ1) is 19.4. The Morgan fingerprint density at radius 3 is 2.50 bits per heavy atom. The van der Waals surface area contributed by atoms with E-state index < -0.39 is 0 Å². The van der Waals surface area contributed by atoms with E-state index in [-0.39, 0.29) is 17.9 Å². The Labute approximate surface area is 167 Å². The minimum absolute atomic E-state index is 0.0205. The fraction of sp³-hybridized carbons (Fsp3) is 0.636. The molecule has 0 saturated carbocycles. The highest BCUT2D eigenvalue weighted by Gasteiger charge is 2.38. The maximum atomic E-state index is 13.2. The second kappa shape index (κ2) is 8.62. The van der Waals surface area contributed by atoms with Gasteiger partial charge in [-0.2, -0.15) is 0 Å². The zero-order valence-corrected chi connectivity index (χ0v) is 16.8. The Hall–Kier alpha value is -1.92. The Balaban J connectivity index is 1.35. The second-order valence-corrected chi connectivity index (χ2v) is 8.23. The van der Waals surface area contributed by atoms with Gasteiger partial charge in [0.25, 0.3) is 5.91 Å². The van der Waals surface area contributed by atoms with Gasteiger partial charge < -0.3 is 14.5 Å². The van der Waals surface area contributed by atoms with Crippen molar-refractivity contribution < 1.29 is 14.3 Å². The largest absolute Gasteiger partial charge is 0.381 e. The van der Waals surface area contributed by atoms with Crippen LogP contribution in [0, 0.1) is 6.92 Å². The maximum absolute atomic E-state index is 13.2. The molecule has 1 aromatic carbocycles. The highest BCUT2D eigenvalue weighted by atomic mass is 16.5. The smallest absolute Gasteiger partial charge is 0.253 e. The zero-order chi connectivity index (χ0) is 19.5. The number of aryl methyl sites for hydroxylation is 1. The average molecular weight is 386 g/mol. The van der Waals surface area contributed by atoms with Crippen molar-refractivity contribution in [1.82, 2.24) is 14.7 Å². The summed E-state index contributed by atoms with van der Waals surface area (Å²) in [6.45, 7) is 7.34. The number of hydrogen-bond donors (Lipinski definition) is 0. The van der Waals surface area contributed by atoms with E-state index in [4.69, 9.17) is 4.74 Å². The molecule has 3 heterocycles. The van der Waals surface area contributed by atoms with Gasteiger partial charge in [0, 0.05) is 57.5 Å². The van der Waals surface area contributed by atoms with Crippen LogP contribution in [0.1, 0.15) is 41.6 Å². The fourth-order valence-electron chi connectivity index (χ4n) is 4.78. The van der Waals surface area contributed by atoms with Crippen molar-refractivity contribution in [2.75, 3.05) is 45.9 Å². The minimum atomic E-state index is -0.0205. The van der Waals surface area contributed by atoms with Crippen LogP contribution in [-0.4, -0.2) is 84.5 Å². The van der Waals surface area contributed by atoms with Gasteiger partial charge in [-0.3, -0.25) is 14.5 Å². The van der Waals surface area contributed by atoms with E-state index in [2.05, 4.69) is 9.80 Å². The molecule has 0 radical (unpaired) electrons. The van der Waals surface area contributed by atoms with E-state index in [1.165, 1.54) is 0 Å². The van der Waals surface area contributed by atoms with Crippen LogP contribution >= 0.6 is 0 Å². The van der Waals surface area contributed by atoms with Gasteiger partial charge in [0.2, 0.25) is 5.91 Å². The Morgan fingerprint density at radius 1 is 1.04 bits per heavy atom. The van der Waals surface area contributed by atoms with Gasteiger partial charge in [-0.15, -0.1) is 0 Å². The third-order valence-corrected chi connectivity index (χ3v) is 6.38. The van der Waals surface area contributed by atoms with Crippen molar-refractivity contribution >= 4 is 11.8 Å². The fourth-order valence-corrected chi connectivity index (χ4v) is 4.78. The highest BCUT2D eigenvalue weighted by Crippen LogP contribution is 2.25. The number of benzene rings is 1. The number of nitrogens with zero attached hydrogens (tertiary/aromatic N) is 3. The van der Waals surface area contributed by atoms with Crippen LogP contribution < -0.4 is 0 Å². The summed E-state index contributed by atoms with van der Waals surface area (Å²) in [6, 6.07) is 8.10. The van der Waals surface area contributed by atoms with Crippen LogP contribution in [-0.2, 0) is 9.53 Å². The standard InChI is InChI=1S/C22H31N3O3/c1-17-4-2-5-18(16-17)21(26)24-12-10-23(11-13-24)20-6-3-9-25(22(20)27)19-7-14-28-15-8-19/h2,4-5,16,19-20H,3,6-15H2,1H3/t20-/m0/s1. The van der Waals surface area contributed by atoms with Crippen LogP contribution in [0.25, 0.3) is 0 Å². The summed E-state index contributed by atoms with van der Waals surface area (Å²) in [7, 11) is 0. The molecular formula is C22H31N3O3. The number of piperazine rings is 1. The molecule has 0 aromatic heterocycles. The predicted octanol–water partition coefficient (Wildman–Crippen LogP) is 1.92. The lowest BCUT2D eigenvalue weighted by Gasteiger charge is -2.45. The third-order valence-electron chi connectivity index (χ3n) is 6.38. The van der Waals surface area contributed by atoms with Crippen LogP contribution in [0.3, 0.4) is 0 Å². The van der Waals surface area contributed by atoms with E-state index in [9.17, 15) is 9.59 Å². The summed E-state index contributed by atoms with van der Waals surface area (Å²) in [6.07, 6.45) is 3.91. The van der Waals surface area contributed by atoms with Gasteiger partial charge in [-0.05, 0) is 44.7 Å². The van der Waals surface area contributed by atoms with Crippen LogP contribution in [0.15, 0.2) is 24.3 Å². The lowest BCUT2D eigenvalue weighted by atomic mass is 9.97. The molecule has 0 aliphatic carbocycles. The molecule has 6 heteroatoms. The monoisotopic (exact) mass is 385 g/mol.